The van der Waals surface area contributed by atoms with E-state index in [1.54, 1.807) is 25.5 Å². The van der Waals surface area contributed by atoms with Crippen molar-refractivity contribution in [2.45, 2.75) is 27.7 Å². The Hall–Kier alpha value is -3.85. The molecule has 37 heavy (non-hydrogen) atoms. The predicted molar refractivity (Wildman–Crippen MR) is 150 cm³/mol. The first-order valence-electron chi connectivity index (χ1n) is 12.2. The van der Waals surface area contributed by atoms with Crippen LogP contribution in [0.1, 0.15) is 25.3 Å². The van der Waals surface area contributed by atoms with Crippen LogP contribution in [-0.4, -0.2) is 66.3 Å². The summed E-state index contributed by atoms with van der Waals surface area (Å²) in [7, 11) is 3.78. The second-order valence-electron chi connectivity index (χ2n) is 9.07. The smallest absolute Gasteiger partial charge is 0.223 e. The zero-order chi connectivity index (χ0) is 26.9. The van der Waals surface area contributed by atoms with Gasteiger partial charge in [0.25, 0.3) is 0 Å². The van der Waals surface area contributed by atoms with E-state index in [0.717, 1.165) is 54.1 Å². The number of nitrogens with two attached hydrogens (primary N) is 1. The number of allylic oxidation sites excluding steroid dienone is 1. The van der Waals surface area contributed by atoms with Gasteiger partial charge in [-0.15, -0.1) is 0 Å². The number of pyridine rings is 1. The van der Waals surface area contributed by atoms with E-state index in [9.17, 15) is 4.39 Å². The molecule has 4 rings (SSSR count). The molecule has 1 aliphatic rings. The summed E-state index contributed by atoms with van der Waals surface area (Å²) in [6.07, 6.45) is 4.78. The van der Waals surface area contributed by atoms with Gasteiger partial charge >= 0.3 is 0 Å². The van der Waals surface area contributed by atoms with Crippen molar-refractivity contribution in [1.82, 2.24) is 19.9 Å². The fraction of sp³-hybridized carbons (Fsp3) is 0.357. The van der Waals surface area contributed by atoms with Gasteiger partial charge in [0, 0.05) is 58.6 Å². The number of nitrogens with zero attached hydrogens (tertiary/aromatic N) is 6. The standard InChI is InChI=1S/C23H26FN5O.C5H10N2.H2/c1-15-6-5-7-16(2)22(15)20-13-21(27-17(3)26-20)30-18-12-19(24)23(25-14-18)29-10-8-28(4)9-11-29;1-5(3-6)4-7-2;/h5-7,12-14H,8-11H2,1-4H3;3-4H,6H2,1-2H3;1H/b;5-3-,7-4?;. The fourth-order valence-corrected chi connectivity index (χ4v) is 4.03. The van der Waals surface area contributed by atoms with Gasteiger partial charge in [-0.2, -0.15) is 4.98 Å². The minimum atomic E-state index is -0.391. The van der Waals surface area contributed by atoms with E-state index in [4.69, 9.17) is 10.5 Å². The molecule has 0 bridgehead atoms. The highest BCUT2D eigenvalue weighted by Crippen LogP contribution is 2.30. The van der Waals surface area contributed by atoms with Crippen molar-refractivity contribution in [2.24, 2.45) is 10.7 Å². The van der Waals surface area contributed by atoms with E-state index in [0.29, 0.717) is 23.3 Å². The van der Waals surface area contributed by atoms with E-state index in [2.05, 4.69) is 57.9 Å². The Bertz CT molecular complexity index is 1250. The van der Waals surface area contributed by atoms with Crippen LogP contribution in [0, 0.1) is 26.6 Å². The summed E-state index contributed by atoms with van der Waals surface area (Å²) >= 11 is 0. The minimum absolute atomic E-state index is 0. The molecular formula is C28H38FN7O. The lowest BCUT2D eigenvalue weighted by Gasteiger charge is -2.33. The number of halogens is 1. The maximum absolute atomic E-state index is 14.7. The summed E-state index contributed by atoms with van der Waals surface area (Å²) in [5.41, 5.74) is 10.2. The molecule has 2 aromatic heterocycles. The van der Waals surface area contributed by atoms with Crippen molar-refractivity contribution in [3.05, 3.63) is 71.1 Å². The number of aliphatic imine (C=N–C) groups is 1. The molecule has 2 N–H and O–H groups in total. The van der Waals surface area contributed by atoms with Crippen LogP contribution in [0.4, 0.5) is 10.2 Å². The molecule has 1 aromatic carbocycles. The normalized spacial score (nSPS) is 14.5. The third-order valence-corrected chi connectivity index (χ3v) is 5.97. The molecule has 1 saturated heterocycles. The summed E-state index contributed by atoms with van der Waals surface area (Å²) in [6, 6.07) is 9.29. The van der Waals surface area contributed by atoms with Gasteiger partial charge in [0.15, 0.2) is 17.4 Å². The highest BCUT2D eigenvalue weighted by atomic mass is 19.1. The van der Waals surface area contributed by atoms with Crippen molar-refractivity contribution in [2.75, 3.05) is 45.2 Å². The second kappa shape index (κ2) is 12.9. The van der Waals surface area contributed by atoms with Crippen molar-refractivity contribution in [1.29, 1.82) is 0 Å². The Morgan fingerprint density at radius 3 is 2.35 bits per heavy atom. The summed E-state index contributed by atoms with van der Waals surface area (Å²) in [5.74, 6) is 1.25. The number of benzene rings is 1. The average Bonchev–Trinajstić information content (AvgIpc) is 2.85. The van der Waals surface area contributed by atoms with Gasteiger partial charge in [0.2, 0.25) is 5.88 Å². The molecule has 198 valence electrons. The Labute approximate surface area is 220 Å². The van der Waals surface area contributed by atoms with Crippen LogP contribution in [0.3, 0.4) is 0 Å². The number of rotatable bonds is 5. The van der Waals surface area contributed by atoms with Gasteiger partial charge in [-0.3, -0.25) is 4.99 Å². The first-order valence-corrected chi connectivity index (χ1v) is 12.2. The molecule has 3 heterocycles. The first-order chi connectivity index (χ1) is 17.7. The van der Waals surface area contributed by atoms with Crippen LogP contribution in [0.15, 0.2) is 53.3 Å². The van der Waals surface area contributed by atoms with Gasteiger partial charge in [-0.25, -0.2) is 14.4 Å². The SMILES string of the molecule is CN=C/C(C)=C\N.Cc1nc(Oc2cnc(N3CCN(C)CC3)c(F)c2)cc(-c2c(C)cccc2C)n1.[HH]. The molecule has 1 fully saturated rings. The molecule has 0 atom stereocenters. The number of piperazine rings is 1. The average molecular weight is 508 g/mol. The molecule has 0 aliphatic carbocycles. The molecule has 9 heteroatoms. The summed E-state index contributed by atoms with van der Waals surface area (Å²) < 4.78 is 20.6. The molecule has 0 saturated carbocycles. The third-order valence-electron chi connectivity index (χ3n) is 5.97. The Kier molecular flexibility index (Phi) is 9.68. The van der Waals surface area contributed by atoms with Crippen LogP contribution in [0.5, 0.6) is 11.6 Å². The second-order valence-corrected chi connectivity index (χ2v) is 9.07. The van der Waals surface area contributed by atoms with Gasteiger partial charge in [-0.1, -0.05) is 18.2 Å². The van der Waals surface area contributed by atoms with E-state index in [1.165, 1.54) is 12.3 Å². The monoisotopic (exact) mass is 507 g/mol. The Balaban J connectivity index is 0.000000561. The van der Waals surface area contributed by atoms with Gasteiger partial charge < -0.3 is 20.3 Å². The van der Waals surface area contributed by atoms with Crippen LogP contribution in [-0.2, 0) is 0 Å². The van der Waals surface area contributed by atoms with Gasteiger partial charge in [0.05, 0.1) is 11.9 Å². The topological polar surface area (TPSA) is 92.8 Å². The predicted octanol–water partition coefficient (Wildman–Crippen LogP) is 4.94. The maximum Gasteiger partial charge on any atom is 0.223 e. The van der Waals surface area contributed by atoms with Gasteiger partial charge in [0.1, 0.15) is 5.82 Å². The van der Waals surface area contributed by atoms with Crippen LogP contribution < -0.4 is 15.4 Å². The number of anilines is 1. The van der Waals surface area contributed by atoms with Crippen LogP contribution >= 0.6 is 0 Å². The largest absolute Gasteiger partial charge is 0.437 e. The Morgan fingerprint density at radius 1 is 1.11 bits per heavy atom. The summed E-state index contributed by atoms with van der Waals surface area (Å²) in [6.45, 7) is 11.1. The number of ether oxygens (including phenoxy) is 1. The number of hydrogen-bond donors (Lipinski definition) is 1. The maximum atomic E-state index is 14.7. The third kappa shape index (κ3) is 7.57. The van der Waals surface area contributed by atoms with E-state index in [1.807, 2.05) is 24.8 Å². The summed E-state index contributed by atoms with van der Waals surface area (Å²) in [5, 5.41) is 0. The molecule has 0 amide bonds. The quantitative estimate of drug-likeness (QED) is 0.489. The molecule has 1 aliphatic heterocycles. The molecule has 0 spiro atoms. The number of aryl methyl sites for hydroxylation is 3. The lowest BCUT2D eigenvalue weighted by atomic mass is 10.00. The molecule has 0 unspecified atom stereocenters. The lowest BCUT2D eigenvalue weighted by Crippen LogP contribution is -2.45. The minimum Gasteiger partial charge on any atom is -0.437 e. The van der Waals surface area contributed by atoms with Crippen molar-refractivity contribution >= 4 is 12.0 Å². The number of aromatic nitrogens is 3. The summed E-state index contributed by atoms with van der Waals surface area (Å²) in [4.78, 5) is 21.2. The fourth-order valence-electron chi connectivity index (χ4n) is 4.03. The molecular weight excluding hydrogens is 469 g/mol. The van der Waals surface area contributed by atoms with Crippen LogP contribution in [0.25, 0.3) is 11.3 Å². The van der Waals surface area contributed by atoms with Crippen LogP contribution in [0.2, 0.25) is 0 Å². The molecule has 8 nitrogen and oxygen atoms in total. The van der Waals surface area contributed by atoms with Crippen molar-refractivity contribution in [3.63, 3.8) is 0 Å². The van der Waals surface area contributed by atoms with Crippen molar-refractivity contribution in [3.8, 4) is 22.9 Å². The zero-order valence-corrected chi connectivity index (χ0v) is 22.5. The van der Waals surface area contributed by atoms with E-state index < -0.39 is 5.82 Å². The highest BCUT2D eigenvalue weighted by molar-refractivity contribution is 5.77. The first kappa shape index (κ1) is 27.7. The van der Waals surface area contributed by atoms with Gasteiger partial charge in [-0.05, 0) is 57.6 Å². The Morgan fingerprint density at radius 2 is 1.78 bits per heavy atom. The number of hydrogen-bond acceptors (Lipinski definition) is 8. The van der Waals surface area contributed by atoms with E-state index in [-0.39, 0.29) is 1.43 Å². The highest BCUT2D eigenvalue weighted by Gasteiger charge is 2.19. The molecule has 3 aromatic rings. The lowest BCUT2D eigenvalue weighted by molar-refractivity contribution is 0.310. The molecule has 0 radical (unpaired) electrons. The zero-order valence-electron chi connectivity index (χ0n) is 22.5. The number of likely N-dealkylation sites (N-methyl/N-ethyl adjacent to an activating group) is 1. The van der Waals surface area contributed by atoms with Crippen molar-refractivity contribution < 1.29 is 10.6 Å². The van der Waals surface area contributed by atoms with E-state index >= 15 is 0 Å².